The third-order valence-electron chi connectivity index (χ3n) is 10.5. The Morgan fingerprint density at radius 2 is 2.00 bits per heavy atom. The highest BCUT2D eigenvalue weighted by Gasteiger charge is 2.77. The highest BCUT2D eigenvalue weighted by Crippen LogP contribution is 2.73. The summed E-state index contributed by atoms with van der Waals surface area (Å²) in [4.78, 5) is 13.1. The molecule has 0 bridgehead atoms. The van der Waals surface area contributed by atoms with Crippen molar-refractivity contribution in [2.45, 2.75) is 96.2 Å². The van der Waals surface area contributed by atoms with Crippen LogP contribution in [0.15, 0.2) is 46.6 Å². The minimum atomic E-state index is -1.61. The Hall–Kier alpha value is -1.44. The van der Waals surface area contributed by atoms with Crippen molar-refractivity contribution in [2.24, 2.45) is 28.6 Å². The molecule has 5 aliphatic rings. The van der Waals surface area contributed by atoms with Crippen LogP contribution in [0.2, 0.25) is 0 Å². The number of ether oxygens (including phenoxy) is 3. The standard InChI is InChI=1S/C29H37ClO6.C2H6/c1-5-34-29(24-10-8-14-33-24)35-17-23(32)28(36-29)18(2)15-21-20-12-11-19-9-6-7-13-25(19,3)27(20,30)22(31)16-26(21,28)4;1-2/h7-10,13-14,18,20-22,31H,5-6,11-12,15-17H2,1-4H3;1-2H3/t18-,20+,21+,22+,25+,26+,27+,28+,29?;/m1./s1. The average molecular weight is 547 g/mol. The van der Waals surface area contributed by atoms with E-state index in [-0.39, 0.29) is 30.1 Å². The molecule has 1 aliphatic heterocycles. The van der Waals surface area contributed by atoms with Crippen molar-refractivity contribution in [1.29, 1.82) is 0 Å². The molecule has 7 heteroatoms. The van der Waals surface area contributed by atoms with Gasteiger partial charge in [0.2, 0.25) is 0 Å². The molecule has 1 aromatic rings. The zero-order valence-electron chi connectivity index (χ0n) is 23.6. The molecular weight excluding hydrogens is 504 g/mol. The highest BCUT2D eigenvalue weighted by atomic mass is 35.5. The van der Waals surface area contributed by atoms with Crippen molar-refractivity contribution in [3.63, 3.8) is 0 Å². The Morgan fingerprint density at radius 3 is 2.68 bits per heavy atom. The molecule has 1 aromatic heterocycles. The Balaban J connectivity index is 0.00000144. The van der Waals surface area contributed by atoms with E-state index in [4.69, 9.17) is 30.2 Å². The normalized spacial score (nSPS) is 47.5. The van der Waals surface area contributed by atoms with Crippen LogP contribution in [-0.2, 0) is 25.0 Å². The van der Waals surface area contributed by atoms with E-state index in [2.05, 4.69) is 39.0 Å². The molecule has 0 aromatic carbocycles. The van der Waals surface area contributed by atoms with Gasteiger partial charge in [0.15, 0.2) is 11.5 Å². The molecule has 9 atom stereocenters. The maximum Gasteiger partial charge on any atom is 0.347 e. The van der Waals surface area contributed by atoms with Crippen LogP contribution >= 0.6 is 11.6 Å². The van der Waals surface area contributed by atoms with Gasteiger partial charge in [0, 0.05) is 10.8 Å². The number of rotatable bonds is 3. The van der Waals surface area contributed by atoms with Crippen LogP contribution in [0.1, 0.15) is 79.4 Å². The first-order chi connectivity index (χ1) is 18.1. The quantitative estimate of drug-likeness (QED) is 0.344. The van der Waals surface area contributed by atoms with Crippen molar-refractivity contribution in [1.82, 2.24) is 0 Å². The van der Waals surface area contributed by atoms with E-state index < -0.39 is 33.4 Å². The van der Waals surface area contributed by atoms with Gasteiger partial charge < -0.3 is 23.7 Å². The molecule has 0 amide bonds. The zero-order valence-corrected chi connectivity index (χ0v) is 24.3. The van der Waals surface area contributed by atoms with Gasteiger partial charge in [0.25, 0.3) is 0 Å². The number of ketones is 1. The Bertz CT molecular complexity index is 1110. The summed E-state index contributed by atoms with van der Waals surface area (Å²) in [5, 5.41) is 11.9. The second-order valence-electron chi connectivity index (χ2n) is 11.9. The van der Waals surface area contributed by atoms with Gasteiger partial charge >= 0.3 is 5.97 Å². The summed E-state index contributed by atoms with van der Waals surface area (Å²) in [7, 11) is 0. The number of aliphatic hydroxyl groups excluding tert-OH is 1. The van der Waals surface area contributed by atoms with Crippen molar-refractivity contribution < 1.29 is 28.5 Å². The lowest BCUT2D eigenvalue weighted by Gasteiger charge is -2.65. The largest absolute Gasteiger partial charge is 0.461 e. The van der Waals surface area contributed by atoms with E-state index >= 15 is 0 Å². The van der Waals surface area contributed by atoms with E-state index in [0.29, 0.717) is 18.8 Å². The Morgan fingerprint density at radius 1 is 1.24 bits per heavy atom. The molecule has 4 aliphatic carbocycles. The molecule has 6 nitrogen and oxygen atoms in total. The van der Waals surface area contributed by atoms with Gasteiger partial charge in [-0.3, -0.25) is 4.79 Å². The SMILES string of the molecule is CC.CCOC1(c2ccco2)OCC(=O)[C@@]2(O1)[C@H](C)C[C@H]1[C@@H]3CCC4=CCC=C[C@]4(C)[C@@]3(Cl)[C@@H](O)C[C@@]12C. The van der Waals surface area contributed by atoms with Crippen LogP contribution in [0.4, 0.5) is 0 Å². The fourth-order valence-corrected chi connectivity index (χ4v) is 9.47. The maximum absolute atomic E-state index is 13.9. The molecular formula is C31H43ClO6. The number of Topliss-reactive ketones (excluding diaryl/α,β-unsaturated/α-hetero) is 1. The molecule has 1 spiro atoms. The van der Waals surface area contributed by atoms with E-state index in [1.165, 1.54) is 5.57 Å². The molecule has 210 valence electrons. The van der Waals surface area contributed by atoms with E-state index in [0.717, 1.165) is 25.7 Å². The number of aliphatic hydroxyl groups is 1. The summed E-state index contributed by atoms with van der Waals surface area (Å²) in [6.07, 6.45) is 11.3. The summed E-state index contributed by atoms with van der Waals surface area (Å²) in [5.41, 5.74) is -0.942. The molecule has 1 unspecified atom stereocenters. The van der Waals surface area contributed by atoms with E-state index in [1.54, 1.807) is 18.4 Å². The predicted octanol–water partition coefficient (Wildman–Crippen LogP) is 6.51. The predicted molar refractivity (Wildman–Crippen MR) is 145 cm³/mol. The number of hydrogen-bond acceptors (Lipinski definition) is 6. The minimum absolute atomic E-state index is 0.0315. The van der Waals surface area contributed by atoms with Crippen LogP contribution < -0.4 is 0 Å². The van der Waals surface area contributed by atoms with Crippen LogP contribution in [0.3, 0.4) is 0 Å². The van der Waals surface area contributed by atoms with E-state index in [9.17, 15) is 9.90 Å². The molecule has 38 heavy (non-hydrogen) atoms. The van der Waals surface area contributed by atoms with Gasteiger partial charge in [0.05, 0.1) is 23.8 Å². The molecule has 6 rings (SSSR count). The summed E-state index contributed by atoms with van der Waals surface area (Å²) in [6.45, 7) is 12.4. The summed E-state index contributed by atoms with van der Waals surface area (Å²) in [5.74, 6) is -1.32. The molecule has 0 radical (unpaired) electrons. The minimum Gasteiger partial charge on any atom is -0.461 e. The van der Waals surface area contributed by atoms with Crippen LogP contribution in [0.25, 0.3) is 0 Å². The summed E-state index contributed by atoms with van der Waals surface area (Å²) in [6, 6.07) is 3.51. The van der Waals surface area contributed by atoms with Crippen LogP contribution in [0, 0.1) is 28.6 Å². The topological polar surface area (TPSA) is 78.1 Å². The van der Waals surface area contributed by atoms with Crippen molar-refractivity contribution in [3.8, 4) is 0 Å². The molecule has 1 N–H and O–H groups in total. The highest BCUT2D eigenvalue weighted by molar-refractivity contribution is 6.26. The van der Waals surface area contributed by atoms with Crippen molar-refractivity contribution in [3.05, 3.63) is 48.0 Å². The zero-order chi connectivity index (χ0) is 27.6. The molecule has 4 fully saturated rings. The number of alkyl halides is 1. The first kappa shape index (κ1) is 28.1. The van der Waals surface area contributed by atoms with Crippen molar-refractivity contribution >= 4 is 17.4 Å². The third kappa shape index (κ3) is 3.36. The lowest BCUT2D eigenvalue weighted by atomic mass is 9.45. The second-order valence-corrected chi connectivity index (χ2v) is 12.5. The van der Waals surface area contributed by atoms with E-state index in [1.807, 2.05) is 20.8 Å². The monoisotopic (exact) mass is 546 g/mol. The first-order valence-electron chi connectivity index (χ1n) is 14.4. The lowest BCUT2D eigenvalue weighted by molar-refractivity contribution is -0.450. The summed E-state index contributed by atoms with van der Waals surface area (Å²) < 4.78 is 24.6. The molecule has 2 heterocycles. The summed E-state index contributed by atoms with van der Waals surface area (Å²) >= 11 is 7.64. The number of fused-ring (bicyclic) bond motifs is 6. The molecule has 1 saturated heterocycles. The number of carbonyl (C=O) groups excluding carboxylic acids is 1. The second kappa shape index (κ2) is 9.59. The van der Waals surface area contributed by atoms with Crippen LogP contribution in [0.5, 0.6) is 0 Å². The third-order valence-corrected chi connectivity index (χ3v) is 11.4. The number of allylic oxidation sites excluding steroid dienone is 4. The number of carbonyl (C=O) groups is 1. The number of halogens is 1. The van der Waals surface area contributed by atoms with Gasteiger partial charge in [0.1, 0.15) is 12.2 Å². The molecule has 3 saturated carbocycles. The number of furan rings is 1. The van der Waals surface area contributed by atoms with Gasteiger partial charge in [-0.1, -0.05) is 58.4 Å². The van der Waals surface area contributed by atoms with Crippen LogP contribution in [-0.4, -0.2) is 40.7 Å². The smallest absolute Gasteiger partial charge is 0.347 e. The van der Waals surface area contributed by atoms with Gasteiger partial charge in [-0.05, 0) is 68.9 Å². The number of hydrogen-bond donors (Lipinski definition) is 1. The average Bonchev–Trinajstić information content (AvgIpc) is 3.52. The van der Waals surface area contributed by atoms with Crippen molar-refractivity contribution in [2.75, 3.05) is 13.2 Å². The fourth-order valence-electron chi connectivity index (χ4n) is 8.95. The lowest BCUT2D eigenvalue weighted by Crippen LogP contribution is -2.71. The Labute approximate surface area is 231 Å². The van der Waals surface area contributed by atoms with Gasteiger partial charge in [-0.15, -0.1) is 11.6 Å². The van der Waals surface area contributed by atoms with Gasteiger partial charge in [-0.2, -0.15) is 0 Å². The van der Waals surface area contributed by atoms with Gasteiger partial charge in [-0.25, -0.2) is 0 Å². The Kier molecular flexibility index (Phi) is 7.09. The maximum atomic E-state index is 13.9. The first-order valence-corrected chi connectivity index (χ1v) is 14.8. The fraction of sp³-hybridized carbons (Fsp3) is 0.710.